The van der Waals surface area contributed by atoms with Crippen LogP contribution in [0.5, 0.6) is 0 Å². The van der Waals surface area contributed by atoms with Crippen molar-refractivity contribution < 1.29 is 22.4 Å². The summed E-state index contributed by atoms with van der Waals surface area (Å²) >= 11 is 0. The lowest BCUT2D eigenvalue weighted by atomic mass is 10.1. The summed E-state index contributed by atoms with van der Waals surface area (Å²) in [5.74, 6) is -1.46. The molecule has 132 valence electrons. The van der Waals surface area contributed by atoms with Crippen molar-refractivity contribution in [1.82, 2.24) is 10.2 Å². The van der Waals surface area contributed by atoms with E-state index in [4.69, 9.17) is 0 Å². The number of carbonyl (C=O) groups is 2. The molecule has 1 saturated heterocycles. The molecule has 0 saturated carbocycles. The first-order chi connectivity index (χ1) is 11.3. The van der Waals surface area contributed by atoms with Gasteiger partial charge in [-0.05, 0) is 37.1 Å². The van der Waals surface area contributed by atoms with Crippen LogP contribution in [0.3, 0.4) is 0 Å². The van der Waals surface area contributed by atoms with E-state index >= 15 is 0 Å². The summed E-state index contributed by atoms with van der Waals surface area (Å²) in [7, 11) is -2.13. The van der Waals surface area contributed by atoms with Crippen LogP contribution in [0.4, 0.5) is 14.9 Å². The number of halogens is 1. The van der Waals surface area contributed by atoms with Crippen molar-refractivity contribution in [2.45, 2.75) is 18.1 Å². The highest BCUT2D eigenvalue weighted by Crippen LogP contribution is 2.19. The van der Waals surface area contributed by atoms with Crippen molar-refractivity contribution in [3.05, 3.63) is 30.1 Å². The molecule has 1 aliphatic heterocycles. The summed E-state index contributed by atoms with van der Waals surface area (Å²) in [5.41, 5.74) is 0.468. The van der Waals surface area contributed by atoms with Crippen LogP contribution >= 0.6 is 0 Å². The fourth-order valence-corrected chi connectivity index (χ4v) is 4.20. The molecule has 0 atom stereocenters. The van der Waals surface area contributed by atoms with Gasteiger partial charge in [-0.1, -0.05) is 0 Å². The minimum Gasteiger partial charge on any atom is -0.358 e. The molecule has 2 rings (SSSR count). The number of nitrogens with zero attached hydrogens (tertiary/aromatic N) is 1. The second-order valence-electron chi connectivity index (χ2n) is 5.60. The average molecular weight is 357 g/mol. The minimum absolute atomic E-state index is 0.282. The summed E-state index contributed by atoms with van der Waals surface area (Å²) in [4.78, 5) is 24.9. The molecule has 3 amide bonds. The SMILES string of the molecule is CNC(=O)CS(=O)(=O)C1CCN(C(=O)Nc2ccc(F)cc2)CC1. The van der Waals surface area contributed by atoms with Crippen molar-refractivity contribution in [3.63, 3.8) is 0 Å². The normalized spacial score (nSPS) is 15.8. The summed E-state index contributed by atoms with van der Waals surface area (Å²) in [6.07, 6.45) is 0.576. The molecular formula is C15H20FN3O4S. The van der Waals surface area contributed by atoms with Gasteiger partial charge in [0.2, 0.25) is 5.91 Å². The molecular weight excluding hydrogens is 337 g/mol. The number of anilines is 1. The maximum Gasteiger partial charge on any atom is 0.321 e. The molecule has 0 aliphatic carbocycles. The number of amides is 3. The van der Waals surface area contributed by atoms with Gasteiger partial charge >= 0.3 is 6.03 Å². The van der Waals surface area contributed by atoms with Crippen LogP contribution in [-0.4, -0.2) is 56.4 Å². The van der Waals surface area contributed by atoms with E-state index in [1.807, 2.05) is 0 Å². The van der Waals surface area contributed by atoms with E-state index in [9.17, 15) is 22.4 Å². The number of hydrogen-bond donors (Lipinski definition) is 2. The van der Waals surface area contributed by atoms with Crippen molar-refractivity contribution in [2.24, 2.45) is 0 Å². The highest BCUT2D eigenvalue weighted by molar-refractivity contribution is 7.92. The second-order valence-corrected chi connectivity index (χ2v) is 7.88. The molecule has 1 aromatic carbocycles. The molecule has 0 spiro atoms. The van der Waals surface area contributed by atoms with Crippen LogP contribution in [0.25, 0.3) is 0 Å². The largest absolute Gasteiger partial charge is 0.358 e. The standard InChI is InChI=1S/C15H20FN3O4S/c1-17-14(20)10-24(22,23)13-6-8-19(9-7-13)15(21)18-12-4-2-11(16)3-5-12/h2-5,13H,6-10H2,1H3,(H,17,20)(H,18,21). The topological polar surface area (TPSA) is 95.6 Å². The van der Waals surface area contributed by atoms with Crippen LogP contribution in [0.1, 0.15) is 12.8 Å². The first kappa shape index (κ1) is 18.2. The molecule has 0 aromatic heterocycles. The lowest BCUT2D eigenvalue weighted by Crippen LogP contribution is -2.45. The Kier molecular flexibility index (Phi) is 5.76. The Morgan fingerprint density at radius 3 is 2.33 bits per heavy atom. The van der Waals surface area contributed by atoms with Crippen LogP contribution in [0, 0.1) is 5.82 Å². The van der Waals surface area contributed by atoms with E-state index in [2.05, 4.69) is 10.6 Å². The average Bonchev–Trinajstić information content (AvgIpc) is 2.56. The molecule has 0 radical (unpaired) electrons. The fraction of sp³-hybridized carbons (Fsp3) is 0.467. The predicted molar refractivity (Wildman–Crippen MR) is 87.9 cm³/mol. The highest BCUT2D eigenvalue weighted by Gasteiger charge is 2.32. The van der Waals surface area contributed by atoms with Crippen LogP contribution in [-0.2, 0) is 14.6 Å². The molecule has 1 aromatic rings. The molecule has 1 aliphatic rings. The van der Waals surface area contributed by atoms with Crippen molar-refractivity contribution in [1.29, 1.82) is 0 Å². The number of nitrogens with one attached hydrogen (secondary N) is 2. The maximum atomic E-state index is 12.8. The number of carbonyl (C=O) groups excluding carboxylic acids is 2. The third-order valence-electron chi connectivity index (χ3n) is 3.94. The molecule has 0 bridgehead atoms. The Labute approximate surface area is 140 Å². The van der Waals surface area contributed by atoms with Crippen LogP contribution in [0.15, 0.2) is 24.3 Å². The van der Waals surface area contributed by atoms with Gasteiger partial charge in [-0.3, -0.25) is 4.79 Å². The fourth-order valence-electron chi connectivity index (χ4n) is 2.53. The monoisotopic (exact) mass is 357 g/mol. The number of likely N-dealkylation sites (tertiary alicyclic amines) is 1. The van der Waals surface area contributed by atoms with E-state index in [-0.39, 0.29) is 32.0 Å². The van der Waals surface area contributed by atoms with Crippen molar-refractivity contribution >= 4 is 27.5 Å². The molecule has 2 N–H and O–H groups in total. The summed E-state index contributed by atoms with van der Waals surface area (Å²) < 4.78 is 37.1. The van der Waals surface area contributed by atoms with Gasteiger partial charge in [0.1, 0.15) is 11.6 Å². The lowest BCUT2D eigenvalue weighted by Gasteiger charge is -2.31. The zero-order chi connectivity index (χ0) is 17.7. The van der Waals surface area contributed by atoms with Gasteiger partial charge in [0.15, 0.2) is 9.84 Å². The van der Waals surface area contributed by atoms with E-state index in [1.54, 1.807) is 0 Å². The third-order valence-corrected chi connectivity index (χ3v) is 6.10. The van der Waals surface area contributed by atoms with Crippen molar-refractivity contribution in [3.8, 4) is 0 Å². The van der Waals surface area contributed by atoms with Gasteiger partial charge in [0.05, 0.1) is 5.25 Å². The van der Waals surface area contributed by atoms with Crippen molar-refractivity contribution in [2.75, 3.05) is 31.2 Å². The van der Waals surface area contributed by atoms with Gasteiger partial charge in [-0.15, -0.1) is 0 Å². The van der Waals surface area contributed by atoms with Gasteiger partial charge in [-0.25, -0.2) is 17.6 Å². The lowest BCUT2D eigenvalue weighted by molar-refractivity contribution is -0.118. The summed E-state index contributed by atoms with van der Waals surface area (Å²) in [5, 5.41) is 4.32. The number of sulfone groups is 1. The Balaban J connectivity index is 1.89. The summed E-state index contributed by atoms with van der Waals surface area (Å²) in [6, 6.07) is 5.03. The Morgan fingerprint density at radius 1 is 1.21 bits per heavy atom. The third kappa shape index (κ3) is 4.67. The number of urea groups is 1. The van der Waals surface area contributed by atoms with Gasteiger partial charge in [0, 0.05) is 25.8 Å². The van der Waals surface area contributed by atoms with E-state index in [0.29, 0.717) is 5.69 Å². The first-order valence-corrected chi connectivity index (χ1v) is 9.27. The summed E-state index contributed by atoms with van der Waals surface area (Å²) in [6.45, 7) is 0.565. The number of benzene rings is 1. The van der Waals surface area contributed by atoms with Crippen LogP contribution < -0.4 is 10.6 Å². The predicted octanol–water partition coefficient (Wildman–Crippen LogP) is 0.983. The Hall–Kier alpha value is -2.16. The first-order valence-electron chi connectivity index (χ1n) is 7.55. The van der Waals surface area contributed by atoms with Gasteiger partial charge in [0.25, 0.3) is 0 Å². The van der Waals surface area contributed by atoms with E-state index < -0.39 is 32.6 Å². The smallest absolute Gasteiger partial charge is 0.321 e. The Bertz CT molecular complexity index is 698. The maximum absolute atomic E-state index is 12.8. The molecule has 1 fully saturated rings. The molecule has 9 heteroatoms. The number of hydrogen-bond acceptors (Lipinski definition) is 4. The molecule has 7 nitrogen and oxygen atoms in total. The van der Waals surface area contributed by atoms with E-state index in [1.165, 1.54) is 36.2 Å². The molecule has 24 heavy (non-hydrogen) atoms. The zero-order valence-electron chi connectivity index (χ0n) is 13.3. The number of rotatable bonds is 4. The number of piperidine rings is 1. The highest BCUT2D eigenvalue weighted by atomic mass is 32.2. The molecule has 1 heterocycles. The minimum atomic E-state index is -3.52. The second kappa shape index (κ2) is 7.61. The molecule has 0 unspecified atom stereocenters. The van der Waals surface area contributed by atoms with Crippen LogP contribution in [0.2, 0.25) is 0 Å². The zero-order valence-corrected chi connectivity index (χ0v) is 14.1. The van der Waals surface area contributed by atoms with Gasteiger partial charge < -0.3 is 15.5 Å². The Morgan fingerprint density at radius 2 is 1.79 bits per heavy atom. The van der Waals surface area contributed by atoms with Gasteiger partial charge in [-0.2, -0.15) is 0 Å². The quantitative estimate of drug-likeness (QED) is 0.840. The van der Waals surface area contributed by atoms with E-state index in [0.717, 1.165) is 0 Å².